The van der Waals surface area contributed by atoms with E-state index in [0.29, 0.717) is 6.54 Å². The summed E-state index contributed by atoms with van der Waals surface area (Å²) in [6.45, 7) is 0.250. The van der Waals surface area contributed by atoms with Gasteiger partial charge in [-0.05, 0) is 48.5 Å². The number of phenolic OH excluding ortho intramolecular Hbond substituents is 2. The van der Waals surface area contributed by atoms with Crippen molar-refractivity contribution in [1.82, 2.24) is 4.90 Å². The maximum Gasteiger partial charge on any atom is 0.325 e. The topological polar surface area (TPSA) is 122 Å². The number of rotatable bonds is 8. The average Bonchev–Trinajstić information content (AvgIpc) is 2.59. The standard InChI is InChI=1S/C18H20N2O6/c19-9-10-20(11-17(23)25-15-5-1-13(21)2-6-15)12-18(24)26-16-7-3-14(22)4-8-16/h1-8,21-22H,9-12,19H2. The van der Waals surface area contributed by atoms with Crippen LogP contribution in [0.3, 0.4) is 0 Å². The summed E-state index contributed by atoms with van der Waals surface area (Å²) in [5.41, 5.74) is 5.52. The highest BCUT2D eigenvalue weighted by Gasteiger charge is 2.17. The van der Waals surface area contributed by atoms with Crippen molar-refractivity contribution in [1.29, 1.82) is 0 Å². The van der Waals surface area contributed by atoms with E-state index in [9.17, 15) is 19.8 Å². The molecule has 0 atom stereocenters. The van der Waals surface area contributed by atoms with Crippen LogP contribution in [0.2, 0.25) is 0 Å². The molecule has 2 aromatic rings. The lowest BCUT2D eigenvalue weighted by Gasteiger charge is -2.19. The van der Waals surface area contributed by atoms with Crippen molar-refractivity contribution in [2.75, 3.05) is 26.2 Å². The highest BCUT2D eigenvalue weighted by molar-refractivity contribution is 5.77. The first kappa shape index (κ1) is 19.2. The Morgan fingerprint density at radius 1 is 0.808 bits per heavy atom. The molecule has 0 saturated carbocycles. The van der Waals surface area contributed by atoms with Gasteiger partial charge in [0, 0.05) is 13.1 Å². The van der Waals surface area contributed by atoms with Crippen molar-refractivity contribution in [2.24, 2.45) is 5.73 Å². The molecular formula is C18H20N2O6. The second-order valence-corrected chi connectivity index (χ2v) is 5.44. The lowest BCUT2D eigenvalue weighted by Crippen LogP contribution is -2.40. The fraction of sp³-hybridized carbons (Fsp3) is 0.222. The Balaban J connectivity index is 1.88. The molecule has 0 unspecified atom stereocenters. The van der Waals surface area contributed by atoms with Crippen LogP contribution in [-0.4, -0.2) is 53.2 Å². The van der Waals surface area contributed by atoms with Gasteiger partial charge in [-0.15, -0.1) is 0 Å². The van der Waals surface area contributed by atoms with Crippen LogP contribution in [0.1, 0.15) is 0 Å². The number of nitrogens with two attached hydrogens (primary N) is 1. The van der Waals surface area contributed by atoms with Crippen molar-refractivity contribution in [3.63, 3.8) is 0 Å². The number of phenols is 2. The molecule has 2 rings (SSSR count). The van der Waals surface area contributed by atoms with Gasteiger partial charge in [0.05, 0.1) is 13.1 Å². The molecule has 0 aromatic heterocycles. The number of nitrogens with zero attached hydrogens (tertiary/aromatic N) is 1. The lowest BCUT2D eigenvalue weighted by molar-refractivity contribution is -0.139. The minimum absolute atomic E-state index is 0.0616. The van der Waals surface area contributed by atoms with Gasteiger partial charge >= 0.3 is 11.9 Å². The molecule has 0 saturated heterocycles. The molecule has 8 nitrogen and oxygen atoms in total. The third-order valence-electron chi connectivity index (χ3n) is 3.29. The van der Waals surface area contributed by atoms with E-state index in [0.717, 1.165) is 0 Å². The molecule has 0 radical (unpaired) electrons. The molecule has 2 aromatic carbocycles. The van der Waals surface area contributed by atoms with Crippen molar-refractivity contribution < 1.29 is 29.3 Å². The summed E-state index contributed by atoms with van der Waals surface area (Å²) in [5.74, 6) is -0.444. The van der Waals surface area contributed by atoms with Crippen LogP contribution in [0.25, 0.3) is 0 Å². The van der Waals surface area contributed by atoms with Crippen molar-refractivity contribution in [3.8, 4) is 23.0 Å². The number of ether oxygens (including phenoxy) is 2. The van der Waals surface area contributed by atoms with E-state index in [1.54, 1.807) is 0 Å². The van der Waals surface area contributed by atoms with E-state index in [4.69, 9.17) is 15.2 Å². The molecule has 0 aliphatic rings. The lowest BCUT2D eigenvalue weighted by atomic mass is 10.3. The molecule has 0 amide bonds. The number of hydrogen-bond acceptors (Lipinski definition) is 8. The predicted molar refractivity (Wildman–Crippen MR) is 93.0 cm³/mol. The summed E-state index contributed by atoms with van der Waals surface area (Å²) in [6.07, 6.45) is 0. The highest BCUT2D eigenvalue weighted by Crippen LogP contribution is 2.17. The van der Waals surface area contributed by atoms with E-state index in [1.807, 2.05) is 0 Å². The third-order valence-corrected chi connectivity index (χ3v) is 3.29. The molecule has 0 spiro atoms. The van der Waals surface area contributed by atoms with Gasteiger partial charge in [-0.2, -0.15) is 0 Å². The van der Waals surface area contributed by atoms with E-state index in [-0.39, 0.29) is 42.6 Å². The molecule has 0 aliphatic carbocycles. The Morgan fingerprint density at radius 2 is 1.19 bits per heavy atom. The SMILES string of the molecule is NCCN(CC(=O)Oc1ccc(O)cc1)CC(=O)Oc1ccc(O)cc1. The summed E-state index contributed by atoms with van der Waals surface area (Å²) in [6, 6.07) is 11.4. The third kappa shape index (κ3) is 6.42. The first-order chi connectivity index (χ1) is 12.5. The van der Waals surface area contributed by atoms with Crippen LogP contribution in [0.4, 0.5) is 0 Å². The van der Waals surface area contributed by atoms with Gasteiger partial charge in [-0.3, -0.25) is 14.5 Å². The smallest absolute Gasteiger partial charge is 0.325 e. The van der Waals surface area contributed by atoms with Crippen molar-refractivity contribution in [2.45, 2.75) is 0 Å². The zero-order valence-corrected chi connectivity index (χ0v) is 14.0. The molecule has 0 aliphatic heterocycles. The van der Waals surface area contributed by atoms with Crippen LogP contribution in [-0.2, 0) is 9.59 Å². The number of hydrogen-bond donors (Lipinski definition) is 3. The van der Waals surface area contributed by atoms with E-state index in [1.165, 1.54) is 53.4 Å². The quantitative estimate of drug-likeness (QED) is 0.468. The van der Waals surface area contributed by atoms with Crippen LogP contribution in [0.5, 0.6) is 23.0 Å². The first-order valence-electron chi connectivity index (χ1n) is 7.88. The number of benzene rings is 2. The molecule has 0 bridgehead atoms. The number of aromatic hydroxyl groups is 2. The Bertz CT molecular complexity index is 669. The predicted octanol–water partition coefficient (Wildman–Crippen LogP) is 0.869. The van der Waals surface area contributed by atoms with Gasteiger partial charge in [-0.25, -0.2) is 0 Å². The minimum Gasteiger partial charge on any atom is -0.508 e. The zero-order chi connectivity index (χ0) is 18.9. The molecule has 4 N–H and O–H groups in total. The molecule has 8 heteroatoms. The van der Waals surface area contributed by atoms with Gasteiger partial charge in [0.25, 0.3) is 0 Å². The fourth-order valence-corrected chi connectivity index (χ4v) is 2.12. The maximum atomic E-state index is 12.0. The Hall–Kier alpha value is -3.10. The largest absolute Gasteiger partial charge is 0.508 e. The van der Waals surface area contributed by atoms with Crippen LogP contribution < -0.4 is 15.2 Å². The summed E-state index contributed by atoms with van der Waals surface area (Å²) < 4.78 is 10.3. The number of esters is 2. The van der Waals surface area contributed by atoms with Gasteiger partial charge in [-0.1, -0.05) is 0 Å². The minimum atomic E-state index is -0.568. The van der Waals surface area contributed by atoms with Crippen molar-refractivity contribution in [3.05, 3.63) is 48.5 Å². The van der Waals surface area contributed by atoms with Gasteiger partial charge < -0.3 is 25.4 Å². The molecule has 138 valence electrons. The van der Waals surface area contributed by atoms with Gasteiger partial charge in [0.2, 0.25) is 0 Å². The molecule has 0 heterocycles. The van der Waals surface area contributed by atoms with E-state index in [2.05, 4.69) is 0 Å². The Morgan fingerprint density at radius 3 is 1.54 bits per heavy atom. The Kier molecular flexibility index (Phi) is 6.95. The van der Waals surface area contributed by atoms with Gasteiger partial charge in [0.15, 0.2) is 0 Å². The fourth-order valence-electron chi connectivity index (χ4n) is 2.12. The van der Waals surface area contributed by atoms with Crippen LogP contribution >= 0.6 is 0 Å². The second kappa shape index (κ2) is 9.40. The second-order valence-electron chi connectivity index (χ2n) is 5.44. The summed E-state index contributed by atoms with van der Waals surface area (Å²) >= 11 is 0. The summed E-state index contributed by atoms with van der Waals surface area (Å²) in [5, 5.41) is 18.4. The monoisotopic (exact) mass is 360 g/mol. The average molecular weight is 360 g/mol. The van der Waals surface area contributed by atoms with Gasteiger partial charge in [0.1, 0.15) is 23.0 Å². The number of carbonyl (C=O) groups is 2. The summed E-state index contributed by atoms with van der Waals surface area (Å²) in [4.78, 5) is 25.5. The maximum absolute atomic E-state index is 12.0. The Labute approximate surface area is 150 Å². The molecule has 0 fully saturated rings. The van der Waals surface area contributed by atoms with E-state index >= 15 is 0 Å². The first-order valence-corrected chi connectivity index (χ1v) is 7.88. The highest BCUT2D eigenvalue weighted by atomic mass is 16.5. The van der Waals surface area contributed by atoms with Crippen molar-refractivity contribution >= 4 is 11.9 Å². The molecule has 26 heavy (non-hydrogen) atoms. The normalized spacial score (nSPS) is 10.5. The molecular weight excluding hydrogens is 340 g/mol. The number of carbonyl (C=O) groups excluding carboxylic acids is 2. The van der Waals surface area contributed by atoms with Crippen LogP contribution in [0, 0.1) is 0 Å². The summed E-state index contributed by atoms with van der Waals surface area (Å²) in [7, 11) is 0. The van der Waals surface area contributed by atoms with Crippen LogP contribution in [0.15, 0.2) is 48.5 Å². The zero-order valence-electron chi connectivity index (χ0n) is 14.0. The van der Waals surface area contributed by atoms with E-state index < -0.39 is 11.9 Å².